The summed E-state index contributed by atoms with van der Waals surface area (Å²) in [4.78, 5) is 4.37. The summed E-state index contributed by atoms with van der Waals surface area (Å²) >= 11 is 6.21. The number of halogens is 1. The quantitative estimate of drug-likeness (QED) is 0.769. The summed E-state index contributed by atoms with van der Waals surface area (Å²) in [6, 6.07) is 15.7. The normalized spacial score (nSPS) is 10.6. The van der Waals surface area contributed by atoms with Gasteiger partial charge in [0.25, 0.3) is 0 Å². The zero-order valence-electron chi connectivity index (χ0n) is 11.6. The molecular formula is C17H15ClN2O. The first-order chi connectivity index (χ1) is 10.3. The largest absolute Gasteiger partial charge is 0.497 e. The fourth-order valence-electron chi connectivity index (χ4n) is 2.27. The number of pyridine rings is 1. The summed E-state index contributed by atoms with van der Waals surface area (Å²) in [5.74, 6) is 0.779. The number of hydrogen-bond acceptors (Lipinski definition) is 3. The molecule has 0 aliphatic heterocycles. The number of methoxy groups -OCH3 is 1. The zero-order valence-corrected chi connectivity index (χ0v) is 12.4. The average molecular weight is 299 g/mol. The number of benzene rings is 2. The Labute approximate surface area is 128 Å². The van der Waals surface area contributed by atoms with Crippen LogP contribution < -0.4 is 10.1 Å². The van der Waals surface area contributed by atoms with Gasteiger partial charge in [-0.15, -0.1) is 0 Å². The first-order valence-corrected chi connectivity index (χ1v) is 7.06. The van der Waals surface area contributed by atoms with Gasteiger partial charge < -0.3 is 10.1 Å². The van der Waals surface area contributed by atoms with Crippen LogP contribution in [0.2, 0.25) is 5.02 Å². The highest BCUT2D eigenvalue weighted by molar-refractivity contribution is 6.33. The second-order valence-electron chi connectivity index (χ2n) is 4.69. The topological polar surface area (TPSA) is 34.1 Å². The molecular weight excluding hydrogens is 284 g/mol. The number of rotatable bonds is 4. The van der Waals surface area contributed by atoms with E-state index in [0.717, 1.165) is 22.3 Å². The van der Waals surface area contributed by atoms with Crippen LogP contribution in [0.1, 0.15) is 5.56 Å². The summed E-state index contributed by atoms with van der Waals surface area (Å²) < 4.78 is 5.22. The third-order valence-corrected chi connectivity index (χ3v) is 3.71. The number of aromatic nitrogens is 1. The lowest BCUT2D eigenvalue weighted by Crippen LogP contribution is -2.01. The van der Waals surface area contributed by atoms with Gasteiger partial charge in [-0.2, -0.15) is 0 Å². The molecule has 0 aliphatic rings. The standard InChI is InChI=1S/C17H15ClN2O/c1-21-13-6-7-15(18)17(10-13)20-11-12-8-9-19-16-5-3-2-4-14(12)16/h2-10,20H,11H2,1H3. The molecule has 0 saturated carbocycles. The summed E-state index contributed by atoms with van der Waals surface area (Å²) in [6.45, 7) is 0.677. The molecule has 0 bridgehead atoms. The van der Waals surface area contributed by atoms with Crippen LogP contribution in [0.4, 0.5) is 5.69 Å². The van der Waals surface area contributed by atoms with Gasteiger partial charge in [0.05, 0.1) is 23.3 Å². The summed E-state index contributed by atoms with van der Waals surface area (Å²) in [6.07, 6.45) is 1.83. The van der Waals surface area contributed by atoms with E-state index in [0.29, 0.717) is 11.6 Å². The minimum absolute atomic E-state index is 0.675. The lowest BCUT2D eigenvalue weighted by molar-refractivity contribution is 0.415. The second kappa shape index (κ2) is 6.02. The van der Waals surface area contributed by atoms with E-state index in [1.54, 1.807) is 7.11 Å². The van der Waals surface area contributed by atoms with Gasteiger partial charge >= 0.3 is 0 Å². The molecule has 106 valence electrons. The van der Waals surface area contributed by atoms with Gasteiger partial charge in [0.15, 0.2) is 0 Å². The molecule has 4 heteroatoms. The van der Waals surface area contributed by atoms with E-state index in [1.807, 2.05) is 48.7 Å². The van der Waals surface area contributed by atoms with Gasteiger partial charge in [-0.3, -0.25) is 4.98 Å². The van der Waals surface area contributed by atoms with Crippen molar-refractivity contribution in [1.82, 2.24) is 4.98 Å². The predicted molar refractivity (Wildman–Crippen MR) is 87.1 cm³/mol. The minimum Gasteiger partial charge on any atom is -0.497 e. The highest BCUT2D eigenvalue weighted by atomic mass is 35.5. The number of ether oxygens (including phenoxy) is 1. The molecule has 21 heavy (non-hydrogen) atoms. The maximum absolute atomic E-state index is 6.21. The fraction of sp³-hybridized carbons (Fsp3) is 0.118. The molecule has 1 aromatic heterocycles. The fourth-order valence-corrected chi connectivity index (χ4v) is 2.45. The van der Waals surface area contributed by atoms with Gasteiger partial charge in [0.2, 0.25) is 0 Å². The molecule has 0 saturated heterocycles. The Bertz CT molecular complexity index is 768. The van der Waals surface area contributed by atoms with Crippen molar-refractivity contribution in [2.24, 2.45) is 0 Å². The molecule has 3 nitrogen and oxygen atoms in total. The van der Waals surface area contributed by atoms with Crippen molar-refractivity contribution in [3.63, 3.8) is 0 Å². The van der Waals surface area contributed by atoms with Crippen molar-refractivity contribution in [2.75, 3.05) is 12.4 Å². The van der Waals surface area contributed by atoms with Crippen molar-refractivity contribution in [1.29, 1.82) is 0 Å². The third kappa shape index (κ3) is 2.93. The number of hydrogen-bond donors (Lipinski definition) is 1. The van der Waals surface area contributed by atoms with E-state index in [-0.39, 0.29) is 0 Å². The Morgan fingerprint density at radius 3 is 2.86 bits per heavy atom. The highest BCUT2D eigenvalue weighted by Crippen LogP contribution is 2.27. The Hall–Kier alpha value is -2.26. The maximum atomic E-state index is 6.21. The van der Waals surface area contributed by atoms with Crippen LogP contribution in [-0.4, -0.2) is 12.1 Å². The van der Waals surface area contributed by atoms with Gasteiger partial charge in [0, 0.05) is 24.2 Å². The van der Waals surface area contributed by atoms with E-state index < -0.39 is 0 Å². The predicted octanol–water partition coefficient (Wildman–Crippen LogP) is 4.51. The molecule has 0 fully saturated rings. The van der Waals surface area contributed by atoms with E-state index in [1.165, 1.54) is 5.56 Å². The molecule has 3 aromatic rings. The van der Waals surface area contributed by atoms with E-state index in [4.69, 9.17) is 16.3 Å². The number of nitrogens with zero attached hydrogens (tertiary/aromatic N) is 1. The van der Waals surface area contributed by atoms with Crippen molar-refractivity contribution in [3.05, 3.63) is 65.3 Å². The molecule has 1 heterocycles. The Kier molecular flexibility index (Phi) is 3.93. The highest BCUT2D eigenvalue weighted by Gasteiger charge is 2.05. The molecule has 0 radical (unpaired) electrons. The molecule has 0 unspecified atom stereocenters. The molecule has 1 N–H and O–H groups in total. The van der Waals surface area contributed by atoms with E-state index in [2.05, 4.69) is 16.4 Å². The van der Waals surface area contributed by atoms with Crippen LogP contribution in [0.5, 0.6) is 5.75 Å². The Balaban J connectivity index is 1.87. The third-order valence-electron chi connectivity index (χ3n) is 3.38. The van der Waals surface area contributed by atoms with E-state index >= 15 is 0 Å². The number of nitrogens with one attached hydrogen (secondary N) is 1. The Morgan fingerprint density at radius 1 is 1.14 bits per heavy atom. The summed E-state index contributed by atoms with van der Waals surface area (Å²) in [7, 11) is 1.64. The molecule has 0 spiro atoms. The SMILES string of the molecule is COc1ccc(Cl)c(NCc2ccnc3ccccc23)c1. The van der Waals surface area contributed by atoms with Crippen LogP contribution in [0.25, 0.3) is 10.9 Å². The molecule has 0 atom stereocenters. The molecule has 0 amide bonds. The van der Waals surface area contributed by atoms with Gasteiger partial charge in [-0.1, -0.05) is 29.8 Å². The van der Waals surface area contributed by atoms with Crippen LogP contribution >= 0.6 is 11.6 Å². The Morgan fingerprint density at radius 2 is 2.00 bits per heavy atom. The lowest BCUT2D eigenvalue weighted by atomic mass is 10.1. The van der Waals surface area contributed by atoms with Crippen molar-refractivity contribution < 1.29 is 4.74 Å². The first kappa shape index (κ1) is 13.7. The van der Waals surface area contributed by atoms with Crippen LogP contribution in [-0.2, 0) is 6.54 Å². The second-order valence-corrected chi connectivity index (χ2v) is 5.09. The zero-order chi connectivity index (χ0) is 14.7. The summed E-state index contributed by atoms with van der Waals surface area (Å²) in [5.41, 5.74) is 3.03. The number of para-hydroxylation sites is 1. The van der Waals surface area contributed by atoms with Gasteiger partial charge in [-0.25, -0.2) is 0 Å². The van der Waals surface area contributed by atoms with Crippen LogP contribution in [0.3, 0.4) is 0 Å². The molecule has 0 aliphatic carbocycles. The monoisotopic (exact) mass is 298 g/mol. The minimum atomic E-state index is 0.675. The van der Waals surface area contributed by atoms with Crippen molar-refractivity contribution in [2.45, 2.75) is 6.54 Å². The van der Waals surface area contributed by atoms with Crippen LogP contribution in [0.15, 0.2) is 54.7 Å². The van der Waals surface area contributed by atoms with Crippen molar-refractivity contribution >= 4 is 28.2 Å². The van der Waals surface area contributed by atoms with Crippen LogP contribution in [0, 0.1) is 0 Å². The molecule has 2 aromatic carbocycles. The maximum Gasteiger partial charge on any atom is 0.121 e. The number of fused-ring (bicyclic) bond motifs is 1. The number of anilines is 1. The lowest BCUT2D eigenvalue weighted by Gasteiger charge is -2.11. The van der Waals surface area contributed by atoms with E-state index in [9.17, 15) is 0 Å². The van der Waals surface area contributed by atoms with Gasteiger partial charge in [-0.05, 0) is 29.8 Å². The average Bonchev–Trinajstić information content (AvgIpc) is 2.54. The smallest absolute Gasteiger partial charge is 0.121 e. The first-order valence-electron chi connectivity index (χ1n) is 6.68. The van der Waals surface area contributed by atoms with Gasteiger partial charge in [0.1, 0.15) is 5.75 Å². The molecule has 3 rings (SSSR count). The summed E-state index contributed by atoms with van der Waals surface area (Å²) in [5, 5.41) is 5.18. The van der Waals surface area contributed by atoms with Crippen molar-refractivity contribution in [3.8, 4) is 5.75 Å².